The van der Waals surface area contributed by atoms with Gasteiger partial charge in [0, 0.05) is 11.6 Å². The topological polar surface area (TPSA) is 148 Å². The molecule has 1 atom stereocenters. The normalized spacial score (nSPS) is 13.9. The van der Waals surface area contributed by atoms with Crippen LogP contribution < -0.4 is 5.32 Å². The van der Waals surface area contributed by atoms with Gasteiger partial charge in [-0.25, -0.2) is 23.3 Å². The number of anilines is 1. The summed E-state index contributed by atoms with van der Waals surface area (Å²) in [6.07, 6.45) is -3.28. The number of nitrogens with one attached hydrogen (secondary N) is 1. The number of rotatable bonds is 9. The third-order valence-corrected chi connectivity index (χ3v) is 5.89. The lowest BCUT2D eigenvalue weighted by Crippen LogP contribution is -2.49. The molecule has 4 rings (SSSR count). The van der Waals surface area contributed by atoms with Crippen LogP contribution in [0.4, 0.5) is 27.8 Å². The molecule has 1 aromatic carbocycles. The third-order valence-electron chi connectivity index (χ3n) is 5.24. The number of aromatic nitrogens is 5. The molecule has 0 saturated carbocycles. The molecule has 11 nitrogen and oxygen atoms in total. The van der Waals surface area contributed by atoms with Gasteiger partial charge in [0.25, 0.3) is 0 Å². The molecule has 3 N–H and O–H groups in total. The minimum atomic E-state index is -5.57. The number of phosphoric acid groups is 1. The first-order chi connectivity index (χ1) is 17.8. The standard InChI is InChI=1S/C21H18F5N6O5P/c1-20(21(24,25)26,37-38(33,34)35)11-28-18-14(23)9-27-19(29-18)16-8-17(15-6-7-36-31-15)32(30-16)10-12-4-2-3-5-13(12)22/h2-9H,10-11H2,1H3,(H,27,28,29)(H2,33,34,35). The fraction of sp³-hybridized carbons (Fsp3) is 0.238. The highest BCUT2D eigenvalue weighted by Gasteiger charge is 2.55. The summed E-state index contributed by atoms with van der Waals surface area (Å²) in [4.78, 5) is 25.5. The maximum Gasteiger partial charge on any atom is 0.470 e. The van der Waals surface area contributed by atoms with Crippen molar-refractivity contribution in [3.8, 4) is 22.9 Å². The number of alkyl halides is 3. The predicted octanol–water partition coefficient (Wildman–Crippen LogP) is 4.16. The van der Waals surface area contributed by atoms with Crippen molar-refractivity contribution in [1.82, 2.24) is 24.9 Å². The Kier molecular flexibility index (Phi) is 7.34. The van der Waals surface area contributed by atoms with Crippen LogP contribution in [0.1, 0.15) is 12.5 Å². The van der Waals surface area contributed by atoms with Gasteiger partial charge in [0.2, 0.25) is 0 Å². The Labute approximate surface area is 210 Å². The summed E-state index contributed by atoms with van der Waals surface area (Å²) in [5.74, 6) is -2.59. The number of phosphoric ester groups is 1. The highest BCUT2D eigenvalue weighted by Crippen LogP contribution is 2.47. The molecule has 0 radical (unpaired) electrons. The fourth-order valence-electron chi connectivity index (χ4n) is 3.30. The Morgan fingerprint density at radius 2 is 1.87 bits per heavy atom. The molecule has 0 aliphatic carbocycles. The minimum absolute atomic E-state index is 0.0347. The van der Waals surface area contributed by atoms with Crippen LogP contribution in [0, 0.1) is 11.6 Å². The van der Waals surface area contributed by atoms with Crippen molar-refractivity contribution < 1.29 is 45.4 Å². The van der Waals surface area contributed by atoms with Gasteiger partial charge in [-0.2, -0.15) is 18.3 Å². The molecule has 4 aromatic rings. The van der Waals surface area contributed by atoms with E-state index >= 15 is 0 Å². The Morgan fingerprint density at radius 1 is 1.13 bits per heavy atom. The second-order valence-electron chi connectivity index (χ2n) is 8.10. The van der Waals surface area contributed by atoms with E-state index in [2.05, 4.69) is 30.1 Å². The summed E-state index contributed by atoms with van der Waals surface area (Å²) in [6, 6.07) is 8.90. The molecule has 0 bridgehead atoms. The van der Waals surface area contributed by atoms with Crippen LogP contribution in [-0.4, -0.2) is 53.0 Å². The molecule has 0 aliphatic rings. The van der Waals surface area contributed by atoms with Crippen LogP contribution in [0.2, 0.25) is 0 Å². The van der Waals surface area contributed by atoms with E-state index in [0.717, 1.165) is 0 Å². The largest absolute Gasteiger partial charge is 0.470 e. The van der Waals surface area contributed by atoms with Gasteiger partial charge in [-0.3, -0.25) is 9.21 Å². The predicted molar refractivity (Wildman–Crippen MR) is 120 cm³/mol. The van der Waals surface area contributed by atoms with Crippen LogP contribution in [0.15, 0.2) is 53.4 Å². The van der Waals surface area contributed by atoms with Gasteiger partial charge < -0.3 is 19.6 Å². The van der Waals surface area contributed by atoms with E-state index in [1.165, 1.54) is 41.3 Å². The van der Waals surface area contributed by atoms with Crippen molar-refractivity contribution in [2.45, 2.75) is 25.2 Å². The van der Waals surface area contributed by atoms with E-state index in [1.807, 2.05) is 0 Å². The van der Waals surface area contributed by atoms with Crippen LogP contribution in [-0.2, 0) is 15.6 Å². The minimum Gasteiger partial charge on any atom is -0.364 e. The highest BCUT2D eigenvalue weighted by atomic mass is 31.2. The molecular formula is C21H18F5N6O5P. The summed E-state index contributed by atoms with van der Waals surface area (Å²) in [5.41, 5.74) is -2.42. The number of halogens is 5. The average Bonchev–Trinajstić information content (AvgIpc) is 3.48. The molecule has 0 aliphatic heterocycles. The second-order valence-corrected chi connectivity index (χ2v) is 9.27. The zero-order chi connectivity index (χ0) is 27.7. The fourth-order valence-corrected chi connectivity index (χ4v) is 3.99. The summed E-state index contributed by atoms with van der Waals surface area (Å²) in [5, 5.41) is 10.2. The molecule has 38 heavy (non-hydrogen) atoms. The van der Waals surface area contributed by atoms with E-state index in [-0.39, 0.29) is 23.6 Å². The van der Waals surface area contributed by atoms with Gasteiger partial charge in [-0.1, -0.05) is 23.4 Å². The van der Waals surface area contributed by atoms with Crippen LogP contribution in [0.25, 0.3) is 22.9 Å². The Morgan fingerprint density at radius 3 is 2.50 bits per heavy atom. The van der Waals surface area contributed by atoms with Crippen molar-refractivity contribution >= 4 is 13.6 Å². The molecule has 1 unspecified atom stereocenters. The summed E-state index contributed by atoms with van der Waals surface area (Å²) in [7, 11) is -5.57. The average molecular weight is 560 g/mol. The lowest BCUT2D eigenvalue weighted by atomic mass is 10.1. The molecule has 0 saturated heterocycles. The molecule has 3 aromatic heterocycles. The maximum atomic E-state index is 14.4. The van der Waals surface area contributed by atoms with Crippen molar-refractivity contribution in [1.29, 1.82) is 0 Å². The Bertz CT molecular complexity index is 1480. The molecule has 202 valence electrons. The smallest absolute Gasteiger partial charge is 0.364 e. The van der Waals surface area contributed by atoms with Crippen molar-refractivity contribution in [3.63, 3.8) is 0 Å². The number of benzene rings is 1. The lowest BCUT2D eigenvalue weighted by Gasteiger charge is -2.32. The SMILES string of the molecule is CC(CNc1nc(-c2cc(-c3ccon3)n(Cc3ccccc3F)n2)ncc1F)(OP(=O)(O)O)C(F)(F)F. The first-order valence-electron chi connectivity index (χ1n) is 10.6. The molecule has 17 heteroatoms. The lowest BCUT2D eigenvalue weighted by molar-refractivity contribution is -0.240. The van der Waals surface area contributed by atoms with Gasteiger partial charge in [0.15, 0.2) is 23.1 Å². The van der Waals surface area contributed by atoms with E-state index in [1.54, 1.807) is 6.07 Å². The van der Waals surface area contributed by atoms with Gasteiger partial charge in [0.05, 0.1) is 25.0 Å². The Hall–Kier alpha value is -3.72. The first kappa shape index (κ1) is 27.3. The first-order valence-corrected chi connectivity index (χ1v) is 12.1. The number of nitrogens with zero attached hydrogens (tertiary/aromatic N) is 5. The zero-order valence-corrected chi connectivity index (χ0v) is 20.1. The quantitative estimate of drug-likeness (QED) is 0.201. The van der Waals surface area contributed by atoms with E-state index in [0.29, 0.717) is 24.5 Å². The Balaban J connectivity index is 1.67. The monoisotopic (exact) mass is 560 g/mol. The maximum absolute atomic E-state index is 14.4. The van der Waals surface area contributed by atoms with Crippen LogP contribution in [0.5, 0.6) is 0 Å². The highest BCUT2D eigenvalue weighted by molar-refractivity contribution is 7.46. The number of hydrogen-bond acceptors (Lipinski definition) is 8. The number of hydrogen-bond donors (Lipinski definition) is 3. The summed E-state index contributed by atoms with van der Waals surface area (Å²) < 4.78 is 90.3. The summed E-state index contributed by atoms with van der Waals surface area (Å²) >= 11 is 0. The zero-order valence-electron chi connectivity index (χ0n) is 19.2. The molecule has 3 heterocycles. The molecular weight excluding hydrogens is 542 g/mol. The third kappa shape index (κ3) is 6.05. The molecule has 0 fully saturated rings. The van der Waals surface area contributed by atoms with Crippen molar-refractivity contribution in [3.05, 3.63) is 66.1 Å². The van der Waals surface area contributed by atoms with E-state index in [9.17, 15) is 26.5 Å². The van der Waals surface area contributed by atoms with Gasteiger partial charge in [0.1, 0.15) is 23.5 Å². The van der Waals surface area contributed by atoms with E-state index in [4.69, 9.17) is 14.3 Å². The van der Waals surface area contributed by atoms with Gasteiger partial charge >= 0.3 is 14.0 Å². The van der Waals surface area contributed by atoms with E-state index < -0.39 is 43.6 Å². The van der Waals surface area contributed by atoms with Crippen molar-refractivity contribution in [2.24, 2.45) is 0 Å². The molecule has 0 spiro atoms. The van der Waals surface area contributed by atoms with Crippen LogP contribution >= 0.6 is 7.82 Å². The van der Waals surface area contributed by atoms with Gasteiger partial charge in [-0.15, -0.1) is 0 Å². The second kappa shape index (κ2) is 10.2. The van der Waals surface area contributed by atoms with Crippen molar-refractivity contribution in [2.75, 3.05) is 11.9 Å². The van der Waals surface area contributed by atoms with Crippen LogP contribution in [0.3, 0.4) is 0 Å². The summed E-state index contributed by atoms with van der Waals surface area (Å²) in [6.45, 7) is -0.973. The molecule has 0 amide bonds. The van der Waals surface area contributed by atoms with Gasteiger partial charge in [-0.05, 0) is 19.1 Å².